The first-order valence-corrected chi connectivity index (χ1v) is 8.90. The zero-order valence-corrected chi connectivity index (χ0v) is 14.6. The van der Waals surface area contributed by atoms with E-state index in [2.05, 4.69) is 84.9 Å². The standard InChI is InChI=1S/C24H14.BH2O2/c1-2-7-16-14-17(13-12-15(16)6-1)22-18-8-3-4-9-19(18)23-20-10-5-11-21(23)24(20)22;2-1-3/h1-14H;2-3H. The fraction of sp³-hybridized carbons (Fsp3) is 0. The van der Waals surface area contributed by atoms with E-state index in [1.54, 1.807) is 0 Å². The topological polar surface area (TPSA) is 40.5 Å². The quantitative estimate of drug-likeness (QED) is 0.239. The van der Waals surface area contributed by atoms with Crippen LogP contribution in [0.15, 0.2) is 84.9 Å². The smallest absolute Gasteiger partial charge is 0.429 e. The molecule has 7 aromatic rings. The highest BCUT2D eigenvalue weighted by atomic mass is 16.4. The lowest BCUT2D eigenvalue weighted by Gasteiger charge is -2.22. The fourth-order valence-electron chi connectivity index (χ4n) is 4.31. The van der Waals surface area contributed by atoms with Crippen molar-refractivity contribution in [3.63, 3.8) is 0 Å². The van der Waals surface area contributed by atoms with Crippen LogP contribution in [0.4, 0.5) is 0 Å². The molecular weight excluding hydrogens is 331 g/mol. The van der Waals surface area contributed by atoms with Crippen molar-refractivity contribution in [3.8, 4) is 11.1 Å². The first kappa shape index (κ1) is 16.1. The van der Waals surface area contributed by atoms with E-state index in [4.69, 9.17) is 10.0 Å². The van der Waals surface area contributed by atoms with Crippen LogP contribution >= 0.6 is 0 Å². The van der Waals surface area contributed by atoms with Crippen molar-refractivity contribution in [3.05, 3.63) is 84.9 Å². The largest absolute Gasteiger partial charge is 0.482 e. The van der Waals surface area contributed by atoms with E-state index in [-0.39, 0.29) is 7.69 Å². The van der Waals surface area contributed by atoms with Crippen LogP contribution in [-0.2, 0) is 0 Å². The summed E-state index contributed by atoms with van der Waals surface area (Å²) in [6.45, 7) is 0. The number of fused-ring (bicyclic) bond motifs is 1. The SMILES string of the molecule is O[B]O.c1ccc2cc(-c3c4ccccc4c4c5cccc4c35)ccc2c1. The van der Waals surface area contributed by atoms with Crippen molar-refractivity contribution in [1.82, 2.24) is 0 Å². The molecule has 2 N–H and O–H groups in total. The Bertz CT molecular complexity index is 1340. The molecule has 0 atom stereocenters. The first-order chi connectivity index (χ1) is 13.3. The maximum absolute atomic E-state index is 7.00. The van der Waals surface area contributed by atoms with E-state index in [1.807, 2.05) is 0 Å². The molecule has 0 unspecified atom stereocenters. The van der Waals surface area contributed by atoms with Crippen LogP contribution in [0.2, 0.25) is 0 Å². The van der Waals surface area contributed by atoms with Gasteiger partial charge in [0.2, 0.25) is 0 Å². The highest BCUT2D eigenvalue weighted by Crippen LogP contribution is 2.49. The van der Waals surface area contributed by atoms with Gasteiger partial charge in [-0.25, -0.2) is 0 Å². The van der Waals surface area contributed by atoms with Gasteiger partial charge in [-0.05, 0) is 60.3 Å². The Morgan fingerprint density at radius 2 is 1.11 bits per heavy atom. The maximum atomic E-state index is 7.00. The molecule has 0 aliphatic heterocycles. The van der Waals surface area contributed by atoms with E-state index in [9.17, 15) is 0 Å². The molecule has 4 bridgehead atoms. The van der Waals surface area contributed by atoms with Gasteiger partial charge in [-0.15, -0.1) is 0 Å². The number of benzene rings is 7. The van der Waals surface area contributed by atoms with Crippen molar-refractivity contribution < 1.29 is 10.0 Å². The van der Waals surface area contributed by atoms with Crippen LogP contribution in [0.3, 0.4) is 0 Å². The lowest BCUT2D eigenvalue weighted by Crippen LogP contribution is -1.94. The lowest BCUT2D eigenvalue weighted by atomic mass is 9.80. The molecule has 0 saturated carbocycles. The number of rotatable bonds is 1. The molecule has 127 valence electrons. The summed E-state index contributed by atoms with van der Waals surface area (Å²) < 4.78 is 0. The molecule has 0 aromatic heterocycles. The summed E-state index contributed by atoms with van der Waals surface area (Å²) in [5.41, 5.74) is 2.70. The van der Waals surface area contributed by atoms with Gasteiger partial charge in [0.15, 0.2) is 0 Å². The molecule has 0 amide bonds. The van der Waals surface area contributed by atoms with E-state index >= 15 is 0 Å². The lowest BCUT2D eigenvalue weighted by molar-refractivity contribution is 0.448. The predicted molar refractivity (Wildman–Crippen MR) is 114 cm³/mol. The van der Waals surface area contributed by atoms with Crippen LogP contribution in [0.5, 0.6) is 0 Å². The van der Waals surface area contributed by atoms with Gasteiger partial charge in [-0.1, -0.05) is 78.9 Å². The Balaban J connectivity index is 0.000000504. The minimum atomic E-state index is 0. The second-order valence-electron chi connectivity index (χ2n) is 6.70. The molecule has 2 nitrogen and oxygen atoms in total. The average molecular weight is 347 g/mol. The predicted octanol–water partition coefficient (Wildman–Crippen LogP) is 5.35. The normalized spacial score (nSPS) is 11.3. The molecule has 3 heteroatoms. The van der Waals surface area contributed by atoms with Crippen molar-refractivity contribution in [1.29, 1.82) is 0 Å². The number of hydrogen-bond donors (Lipinski definition) is 2. The van der Waals surface area contributed by atoms with Crippen LogP contribution in [-0.4, -0.2) is 17.7 Å². The molecular formula is C24H16BO2. The third-order valence-corrected chi connectivity index (χ3v) is 5.36. The second-order valence-corrected chi connectivity index (χ2v) is 6.70. The summed E-state index contributed by atoms with van der Waals surface area (Å²) in [6, 6.07) is 30.9. The molecule has 1 radical (unpaired) electrons. The Morgan fingerprint density at radius 1 is 0.519 bits per heavy atom. The van der Waals surface area contributed by atoms with Gasteiger partial charge in [-0.3, -0.25) is 0 Å². The highest BCUT2D eigenvalue weighted by Gasteiger charge is 2.21. The van der Waals surface area contributed by atoms with E-state index in [1.165, 1.54) is 54.2 Å². The summed E-state index contributed by atoms with van der Waals surface area (Å²) in [5, 5.41) is 25.0. The van der Waals surface area contributed by atoms with Crippen molar-refractivity contribution in [2.24, 2.45) is 0 Å². The Kier molecular flexibility index (Phi) is 3.71. The summed E-state index contributed by atoms with van der Waals surface area (Å²) in [4.78, 5) is 0. The van der Waals surface area contributed by atoms with Crippen molar-refractivity contribution >= 4 is 50.8 Å². The van der Waals surface area contributed by atoms with E-state index < -0.39 is 0 Å². The van der Waals surface area contributed by atoms with Crippen LogP contribution < -0.4 is 0 Å². The Morgan fingerprint density at radius 3 is 1.85 bits per heavy atom. The Hall–Kier alpha value is -3.14. The summed E-state index contributed by atoms with van der Waals surface area (Å²) in [5.74, 6) is 0. The van der Waals surface area contributed by atoms with Gasteiger partial charge in [0, 0.05) is 0 Å². The summed E-state index contributed by atoms with van der Waals surface area (Å²) in [6.07, 6.45) is 0. The molecule has 27 heavy (non-hydrogen) atoms. The Labute approximate surface area is 157 Å². The van der Waals surface area contributed by atoms with Gasteiger partial charge in [0.1, 0.15) is 0 Å². The minimum Gasteiger partial charge on any atom is -0.429 e. The van der Waals surface area contributed by atoms with Gasteiger partial charge in [-0.2, -0.15) is 0 Å². The fourth-order valence-corrected chi connectivity index (χ4v) is 4.31. The minimum absolute atomic E-state index is 0. The van der Waals surface area contributed by atoms with Crippen molar-refractivity contribution in [2.45, 2.75) is 0 Å². The first-order valence-electron chi connectivity index (χ1n) is 8.90. The summed E-state index contributed by atoms with van der Waals surface area (Å²) >= 11 is 0. The number of hydrogen-bond acceptors (Lipinski definition) is 2. The zero-order chi connectivity index (χ0) is 18.4. The molecule has 0 fully saturated rings. The highest BCUT2D eigenvalue weighted by molar-refractivity contribution is 6.41. The monoisotopic (exact) mass is 347 g/mol. The maximum Gasteiger partial charge on any atom is 0.482 e. The van der Waals surface area contributed by atoms with E-state index in [0.29, 0.717) is 0 Å². The molecule has 0 heterocycles. The molecule has 0 aliphatic carbocycles. The van der Waals surface area contributed by atoms with Gasteiger partial charge >= 0.3 is 7.69 Å². The second kappa shape index (κ2) is 6.24. The summed E-state index contributed by atoms with van der Waals surface area (Å²) in [7, 11) is 0. The third kappa shape index (κ3) is 2.29. The molecule has 7 aromatic carbocycles. The van der Waals surface area contributed by atoms with Crippen LogP contribution in [0.1, 0.15) is 0 Å². The third-order valence-electron chi connectivity index (χ3n) is 5.36. The van der Waals surface area contributed by atoms with Crippen LogP contribution in [0.25, 0.3) is 54.2 Å². The van der Waals surface area contributed by atoms with Crippen LogP contribution in [0, 0.1) is 0 Å². The van der Waals surface area contributed by atoms with Gasteiger partial charge < -0.3 is 10.0 Å². The molecule has 7 rings (SSSR count). The van der Waals surface area contributed by atoms with Crippen molar-refractivity contribution in [2.75, 3.05) is 0 Å². The zero-order valence-electron chi connectivity index (χ0n) is 14.6. The van der Waals surface area contributed by atoms with E-state index in [0.717, 1.165) is 0 Å². The van der Waals surface area contributed by atoms with Gasteiger partial charge in [0.25, 0.3) is 0 Å². The molecule has 0 spiro atoms. The average Bonchev–Trinajstić information content (AvgIpc) is 2.74. The molecule has 0 aliphatic rings. The van der Waals surface area contributed by atoms with Gasteiger partial charge in [0.05, 0.1) is 0 Å². The molecule has 0 saturated heterocycles.